The van der Waals surface area contributed by atoms with Crippen molar-refractivity contribution in [2.75, 3.05) is 23.4 Å². The molecule has 2 aliphatic heterocycles. The summed E-state index contributed by atoms with van der Waals surface area (Å²) < 4.78 is 5.17. The van der Waals surface area contributed by atoms with E-state index in [1.165, 1.54) is 0 Å². The second-order valence-corrected chi connectivity index (χ2v) is 9.34. The Bertz CT molecular complexity index is 1050. The Morgan fingerprint density at radius 1 is 1.16 bits per heavy atom. The number of rotatable bonds is 5. The van der Waals surface area contributed by atoms with Crippen molar-refractivity contribution in [3.8, 4) is 0 Å². The summed E-state index contributed by atoms with van der Waals surface area (Å²) in [4.78, 5) is 32.2. The highest BCUT2D eigenvalue weighted by atomic mass is 16.5. The maximum absolute atomic E-state index is 12.8. The first-order valence-corrected chi connectivity index (χ1v) is 11.4. The molecule has 3 aliphatic rings. The maximum Gasteiger partial charge on any atom is 0.251 e. The van der Waals surface area contributed by atoms with Gasteiger partial charge in [-0.15, -0.1) is 0 Å². The number of pyridine rings is 1. The summed E-state index contributed by atoms with van der Waals surface area (Å²) in [7, 11) is 0. The normalized spacial score (nSPS) is 25.0. The molecule has 0 spiro atoms. The molecule has 168 valence electrons. The van der Waals surface area contributed by atoms with Crippen LogP contribution >= 0.6 is 0 Å². The van der Waals surface area contributed by atoms with Crippen LogP contribution in [0.4, 0.5) is 11.5 Å². The Balaban J connectivity index is 1.55. The summed E-state index contributed by atoms with van der Waals surface area (Å²) in [6.07, 6.45) is 2.29. The van der Waals surface area contributed by atoms with Gasteiger partial charge in [-0.25, -0.2) is 4.98 Å². The lowest BCUT2D eigenvalue weighted by Crippen LogP contribution is -2.51. The van der Waals surface area contributed by atoms with E-state index in [9.17, 15) is 9.59 Å². The highest BCUT2D eigenvalue weighted by Gasteiger charge is 2.47. The number of ether oxygens (including phenoxy) is 1. The quantitative estimate of drug-likeness (QED) is 0.753. The van der Waals surface area contributed by atoms with Gasteiger partial charge in [0, 0.05) is 35.8 Å². The first-order valence-electron chi connectivity index (χ1n) is 11.4. The van der Waals surface area contributed by atoms with Crippen molar-refractivity contribution in [1.29, 1.82) is 0 Å². The number of aromatic nitrogens is 1. The number of carbonyl (C=O) groups excluding carboxylic acids is 2. The standard InChI is InChI=1S/C25H30N4O3/c1-14-5-4-6-22(26-14)28-23-15(2)24(17-7-8-17)29(16(3)30)21-10-9-18(11-20(21)23)25(31)27-19-12-32-13-19/h4-6,9-11,15,17,19,23-24H,7-8,12-13H2,1-3H3,(H,26,28)(H,27,31). The predicted octanol–water partition coefficient (Wildman–Crippen LogP) is 3.45. The van der Waals surface area contributed by atoms with Crippen LogP contribution in [-0.2, 0) is 9.53 Å². The number of fused-ring (bicyclic) bond motifs is 1. The lowest BCUT2D eigenvalue weighted by molar-refractivity contribution is -0.117. The van der Waals surface area contributed by atoms with E-state index in [1.807, 2.05) is 48.2 Å². The van der Waals surface area contributed by atoms with Gasteiger partial charge in [-0.3, -0.25) is 9.59 Å². The van der Waals surface area contributed by atoms with Gasteiger partial charge in [0.2, 0.25) is 5.91 Å². The number of nitrogens with one attached hydrogen (secondary N) is 2. The number of nitrogens with zero attached hydrogens (tertiary/aromatic N) is 2. The van der Waals surface area contributed by atoms with Gasteiger partial charge in [0.25, 0.3) is 5.91 Å². The zero-order valence-electron chi connectivity index (χ0n) is 18.8. The summed E-state index contributed by atoms with van der Waals surface area (Å²) in [5, 5.41) is 6.64. The van der Waals surface area contributed by atoms with Crippen LogP contribution in [0.15, 0.2) is 36.4 Å². The first-order chi connectivity index (χ1) is 15.4. The number of carbonyl (C=O) groups is 2. The second kappa shape index (κ2) is 8.20. The molecule has 2 N–H and O–H groups in total. The smallest absolute Gasteiger partial charge is 0.251 e. The Kier molecular flexibility index (Phi) is 5.37. The zero-order chi connectivity index (χ0) is 22.4. The van der Waals surface area contributed by atoms with E-state index in [1.54, 1.807) is 6.92 Å². The van der Waals surface area contributed by atoms with Gasteiger partial charge < -0.3 is 20.3 Å². The Labute approximate surface area is 188 Å². The van der Waals surface area contributed by atoms with E-state index in [2.05, 4.69) is 22.5 Å². The van der Waals surface area contributed by atoms with Crippen molar-refractivity contribution in [2.45, 2.75) is 51.7 Å². The van der Waals surface area contributed by atoms with E-state index in [0.29, 0.717) is 24.7 Å². The second-order valence-electron chi connectivity index (χ2n) is 9.34. The van der Waals surface area contributed by atoms with Gasteiger partial charge in [-0.1, -0.05) is 13.0 Å². The fourth-order valence-electron chi connectivity index (χ4n) is 5.08. The average Bonchev–Trinajstić information content (AvgIpc) is 3.56. The molecule has 3 unspecified atom stereocenters. The van der Waals surface area contributed by atoms with Crippen LogP contribution in [0.25, 0.3) is 0 Å². The molecule has 1 aromatic carbocycles. The van der Waals surface area contributed by atoms with Crippen LogP contribution in [0.5, 0.6) is 0 Å². The monoisotopic (exact) mass is 434 g/mol. The van der Waals surface area contributed by atoms with E-state index in [4.69, 9.17) is 4.74 Å². The maximum atomic E-state index is 12.8. The molecule has 2 fully saturated rings. The Hall–Kier alpha value is -2.93. The van der Waals surface area contributed by atoms with Gasteiger partial charge >= 0.3 is 0 Å². The van der Waals surface area contributed by atoms with Crippen LogP contribution in [0, 0.1) is 18.8 Å². The lowest BCUT2D eigenvalue weighted by Gasteiger charge is -2.46. The first kappa shape index (κ1) is 20.9. The summed E-state index contributed by atoms with van der Waals surface area (Å²) in [5.41, 5.74) is 3.39. The number of benzene rings is 1. The summed E-state index contributed by atoms with van der Waals surface area (Å²) in [6.45, 7) is 6.92. The van der Waals surface area contributed by atoms with E-state index < -0.39 is 0 Å². The molecule has 3 heterocycles. The summed E-state index contributed by atoms with van der Waals surface area (Å²) in [6, 6.07) is 11.8. The van der Waals surface area contributed by atoms with Gasteiger partial charge in [-0.2, -0.15) is 0 Å². The summed E-state index contributed by atoms with van der Waals surface area (Å²) in [5.74, 6) is 1.42. The SMILES string of the molecule is CC(=O)N1c2ccc(C(=O)NC3COC3)cc2C(Nc2cccc(C)n2)C(C)C1C1CC1. The van der Waals surface area contributed by atoms with Gasteiger partial charge in [0.15, 0.2) is 0 Å². The molecular formula is C25H30N4O3. The third-order valence-electron chi connectivity index (χ3n) is 6.86. The Morgan fingerprint density at radius 3 is 2.56 bits per heavy atom. The number of hydrogen-bond donors (Lipinski definition) is 2. The number of aryl methyl sites for hydroxylation is 1. The van der Waals surface area contributed by atoms with Gasteiger partial charge in [0.05, 0.1) is 25.3 Å². The zero-order valence-corrected chi connectivity index (χ0v) is 18.8. The minimum atomic E-state index is -0.111. The number of amides is 2. The highest BCUT2D eigenvalue weighted by molar-refractivity contribution is 5.98. The van der Waals surface area contributed by atoms with E-state index in [0.717, 1.165) is 35.6 Å². The molecule has 3 atom stereocenters. The predicted molar refractivity (Wildman–Crippen MR) is 123 cm³/mol. The van der Waals surface area contributed by atoms with Gasteiger partial charge in [0.1, 0.15) is 5.82 Å². The highest BCUT2D eigenvalue weighted by Crippen LogP contribution is 2.50. The van der Waals surface area contributed by atoms with Crippen LogP contribution < -0.4 is 15.5 Å². The molecular weight excluding hydrogens is 404 g/mol. The average molecular weight is 435 g/mol. The van der Waals surface area contributed by atoms with Crippen LogP contribution in [0.2, 0.25) is 0 Å². The molecule has 1 aromatic heterocycles. The van der Waals surface area contributed by atoms with Crippen LogP contribution in [0.3, 0.4) is 0 Å². The molecule has 0 bridgehead atoms. The molecule has 0 radical (unpaired) electrons. The molecule has 7 nitrogen and oxygen atoms in total. The third-order valence-corrected chi connectivity index (χ3v) is 6.86. The lowest BCUT2D eigenvalue weighted by atomic mass is 9.79. The fraction of sp³-hybridized carbons (Fsp3) is 0.480. The minimum Gasteiger partial charge on any atom is -0.377 e. The molecule has 2 aromatic rings. The molecule has 7 heteroatoms. The van der Waals surface area contributed by atoms with Gasteiger partial charge in [-0.05, 0) is 61.6 Å². The molecule has 5 rings (SSSR count). The fourth-order valence-corrected chi connectivity index (χ4v) is 5.08. The van der Waals surface area contributed by atoms with Crippen molar-refractivity contribution < 1.29 is 14.3 Å². The van der Waals surface area contributed by atoms with Crippen molar-refractivity contribution in [1.82, 2.24) is 10.3 Å². The van der Waals surface area contributed by atoms with Crippen molar-refractivity contribution >= 4 is 23.3 Å². The Morgan fingerprint density at radius 2 is 1.94 bits per heavy atom. The molecule has 2 amide bonds. The molecule has 1 saturated heterocycles. The van der Waals surface area contributed by atoms with E-state index >= 15 is 0 Å². The van der Waals surface area contributed by atoms with Crippen molar-refractivity contribution in [3.63, 3.8) is 0 Å². The molecule has 1 aliphatic carbocycles. The largest absolute Gasteiger partial charge is 0.377 e. The molecule has 1 saturated carbocycles. The number of anilines is 2. The van der Waals surface area contributed by atoms with Crippen molar-refractivity contribution in [3.05, 3.63) is 53.2 Å². The topological polar surface area (TPSA) is 83.6 Å². The third kappa shape index (κ3) is 3.86. The summed E-state index contributed by atoms with van der Waals surface area (Å²) >= 11 is 0. The van der Waals surface area contributed by atoms with Crippen LogP contribution in [0.1, 0.15) is 54.3 Å². The minimum absolute atomic E-state index is 0.0472. The van der Waals surface area contributed by atoms with Crippen molar-refractivity contribution in [2.24, 2.45) is 11.8 Å². The van der Waals surface area contributed by atoms with Crippen LogP contribution in [-0.4, -0.2) is 42.1 Å². The molecule has 32 heavy (non-hydrogen) atoms. The van der Waals surface area contributed by atoms with E-state index in [-0.39, 0.29) is 35.9 Å². The number of hydrogen-bond acceptors (Lipinski definition) is 5.